The predicted molar refractivity (Wildman–Crippen MR) is 110 cm³/mol. The molecule has 0 aliphatic rings. The molecule has 7 heteroatoms. The lowest BCUT2D eigenvalue weighted by Crippen LogP contribution is -2.23. The Kier molecular flexibility index (Phi) is 5.43. The van der Waals surface area contributed by atoms with Gasteiger partial charge in [0.05, 0.1) is 4.90 Å². The van der Waals surface area contributed by atoms with E-state index in [1.165, 1.54) is 18.2 Å². The lowest BCUT2D eigenvalue weighted by atomic mass is 10.0. The summed E-state index contributed by atoms with van der Waals surface area (Å²) in [5.74, 6) is 0. The molecule has 0 aliphatic heterocycles. The fourth-order valence-electron chi connectivity index (χ4n) is 3.21. The van der Waals surface area contributed by atoms with Crippen molar-refractivity contribution in [1.29, 1.82) is 0 Å². The maximum Gasteiger partial charge on any atom is 0.336 e. The minimum absolute atomic E-state index is 0.00312. The molecule has 1 atom stereocenters. The van der Waals surface area contributed by atoms with E-state index in [9.17, 15) is 13.2 Å². The number of fused-ring (bicyclic) bond motifs is 1. The third kappa shape index (κ3) is 4.16. The van der Waals surface area contributed by atoms with Crippen LogP contribution < -0.4 is 10.8 Å². The van der Waals surface area contributed by atoms with Crippen LogP contribution in [0.3, 0.4) is 0 Å². The van der Waals surface area contributed by atoms with Crippen LogP contribution in [-0.2, 0) is 16.6 Å². The number of hydrogen-bond donors (Lipinski definition) is 1. The SMILES string of the molecule is Cc1cc2oc(=O)cc(CN(C)C(C)c3ccc(S(N)(=O)=O)cc3)c2cc1C. The van der Waals surface area contributed by atoms with Gasteiger partial charge in [0.25, 0.3) is 0 Å². The monoisotopic (exact) mass is 400 g/mol. The van der Waals surface area contributed by atoms with E-state index in [-0.39, 0.29) is 16.6 Å². The summed E-state index contributed by atoms with van der Waals surface area (Å²) in [4.78, 5) is 14.2. The Morgan fingerprint density at radius 2 is 1.68 bits per heavy atom. The number of nitrogens with two attached hydrogens (primary N) is 1. The summed E-state index contributed by atoms with van der Waals surface area (Å²) in [6.07, 6.45) is 0. The zero-order chi connectivity index (χ0) is 20.6. The van der Waals surface area contributed by atoms with Crippen LogP contribution in [0.1, 0.15) is 35.2 Å². The smallest absolute Gasteiger partial charge is 0.336 e. The Labute approximate surface area is 164 Å². The van der Waals surface area contributed by atoms with Gasteiger partial charge in [-0.15, -0.1) is 0 Å². The predicted octanol–water partition coefficient (Wildman–Crippen LogP) is 3.25. The number of nitrogens with zero attached hydrogens (tertiary/aromatic N) is 1. The van der Waals surface area contributed by atoms with Crippen LogP contribution in [0, 0.1) is 13.8 Å². The first-order valence-corrected chi connectivity index (χ1v) is 10.5. The zero-order valence-electron chi connectivity index (χ0n) is 16.4. The first-order valence-electron chi connectivity index (χ1n) is 8.93. The van der Waals surface area contributed by atoms with Crippen LogP contribution in [0.5, 0.6) is 0 Å². The number of primary sulfonamides is 1. The molecule has 0 amide bonds. The molecule has 1 heterocycles. The maximum atomic E-state index is 12.0. The van der Waals surface area contributed by atoms with Gasteiger partial charge in [-0.3, -0.25) is 4.90 Å². The average molecular weight is 401 g/mol. The number of aryl methyl sites for hydroxylation is 2. The summed E-state index contributed by atoms with van der Waals surface area (Å²) in [6, 6.07) is 12.0. The lowest BCUT2D eigenvalue weighted by Gasteiger charge is -2.25. The van der Waals surface area contributed by atoms with Crippen LogP contribution in [-0.4, -0.2) is 20.4 Å². The largest absolute Gasteiger partial charge is 0.423 e. The fourth-order valence-corrected chi connectivity index (χ4v) is 3.73. The van der Waals surface area contributed by atoms with E-state index in [0.717, 1.165) is 27.6 Å². The maximum absolute atomic E-state index is 12.0. The summed E-state index contributed by atoms with van der Waals surface area (Å²) < 4.78 is 28.2. The van der Waals surface area contributed by atoms with Gasteiger partial charge in [0.2, 0.25) is 10.0 Å². The fraction of sp³-hybridized carbons (Fsp3) is 0.286. The highest BCUT2D eigenvalue weighted by Gasteiger charge is 2.16. The molecule has 28 heavy (non-hydrogen) atoms. The highest BCUT2D eigenvalue weighted by Crippen LogP contribution is 2.26. The summed E-state index contributed by atoms with van der Waals surface area (Å²) in [5, 5.41) is 6.08. The summed E-state index contributed by atoms with van der Waals surface area (Å²) in [6.45, 7) is 6.58. The van der Waals surface area contributed by atoms with E-state index in [0.29, 0.717) is 12.1 Å². The van der Waals surface area contributed by atoms with Crippen molar-refractivity contribution in [1.82, 2.24) is 4.90 Å². The Morgan fingerprint density at radius 1 is 1.07 bits per heavy atom. The molecule has 6 nitrogen and oxygen atoms in total. The van der Waals surface area contributed by atoms with Gasteiger partial charge >= 0.3 is 5.63 Å². The molecule has 0 saturated heterocycles. The van der Waals surface area contributed by atoms with Crippen LogP contribution in [0.2, 0.25) is 0 Å². The van der Waals surface area contributed by atoms with Crippen molar-refractivity contribution >= 4 is 21.0 Å². The minimum atomic E-state index is -3.71. The molecule has 0 spiro atoms. The van der Waals surface area contributed by atoms with Gasteiger partial charge in [-0.25, -0.2) is 18.4 Å². The van der Waals surface area contributed by atoms with Crippen molar-refractivity contribution < 1.29 is 12.8 Å². The first kappa shape index (κ1) is 20.3. The highest BCUT2D eigenvalue weighted by atomic mass is 32.2. The van der Waals surface area contributed by atoms with Crippen LogP contribution in [0.4, 0.5) is 0 Å². The molecule has 2 N–H and O–H groups in total. The molecular weight excluding hydrogens is 376 g/mol. The Hall–Kier alpha value is -2.48. The van der Waals surface area contributed by atoms with E-state index in [1.54, 1.807) is 12.1 Å². The summed E-state index contributed by atoms with van der Waals surface area (Å²) >= 11 is 0. The van der Waals surface area contributed by atoms with E-state index >= 15 is 0 Å². The molecule has 3 rings (SSSR count). The van der Waals surface area contributed by atoms with Gasteiger partial charge in [0.15, 0.2) is 0 Å². The minimum Gasteiger partial charge on any atom is -0.423 e. The highest BCUT2D eigenvalue weighted by molar-refractivity contribution is 7.89. The topological polar surface area (TPSA) is 93.6 Å². The van der Waals surface area contributed by atoms with E-state index in [2.05, 4.69) is 4.90 Å². The number of benzene rings is 2. The van der Waals surface area contributed by atoms with Gasteiger partial charge < -0.3 is 4.42 Å². The van der Waals surface area contributed by atoms with Gasteiger partial charge in [0, 0.05) is 24.0 Å². The molecule has 0 fully saturated rings. The zero-order valence-corrected chi connectivity index (χ0v) is 17.2. The van der Waals surface area contributed by atoms with Crippen molar-refractivity contribution in [2.45, 2.75) is 38.3 Å². The van der Waals surface area contributed by atoms with Crippen LogP contribution in [0.15, 0.2) is 56.6 Å². The van der Waals surface area contributed by atoms with Crippen molar-refractivity contribution in [3.05, 3.63) is 75.1 Å². The standard InChI is InChI=1S/C21H24N2O4S/c1-13-9-19-17(11-21(24)27-20(19)10-14(13)2)12-23(4)15(3)16-5-7-18(8-6-16)28(22,25)26/h5-11,15H,12H2,1-4H3,(H2,22,25,26). The number of sulfonamides is 1. The Balaban J connectivity index is 1.91. The molecule has 1 unspecified atom stereocenters. The molecule has 0 bridgehead atoms. The quantitative estimate of drug-likeness (QED) is 0.664. The molecule has 1 aromatic heterocycles. The Morgan fingerprint density at radius 3 is 2.29 bits per heavy atom. The number of hydrogen-bond acceptors (Lipinski definition) is 5. The third-order valence-electron chi connectivity index (χ3n) is 5.22. The molecule has 3 aromatic rings. The van der Waals surface area contributed by atoms with Crippen molar-refractivity contribution in [3.8, 4) is 0 Å². The van der Waals surface area contributed by atoms with Crippen molar-refractivity contribution in [3.63, 3.8) is 0 Å². The Bertz CT molecular complexity index is 1180. The third-order valence-corrected chi connectivity index (χ3v) is 6.15. The second-order valence-corrected chi connectivity index (χ2v) is 8.79. The van der Waals surface area contributed by atoms with Crippen LogP contribution >= 0.6 is 0 Å². The normalized spacial score (nSPS) is 13.2. The van der Waals surface area contributed by atoms with E-state index in [1.807, 2.05) is 40.0 Å². The molecule has 148 valence electrons. The van der Waals surface area contributed by atoms with Crippen molar-refractivity contribution in [2.24, 2.45) is 5.14 Å². The van der Waals surface area contributed by atoms with E-state index in [4.69, 9.17) is 9.56 Å². The second kappa shape index (κ2) is 7.50. The van der Waals surface area contributed by atoms with Gasteiger partial charge in [-0.2, -0.15) is 0 Å². The van der Waals surface area contributed by atoms with Gasteiger partial charge in [0.1, 0.15) is 5.58 Å². The summed E-state index contributed by atoms with van der Waals surface area (Å²) in [5.41, 5.74) is 4.27. The molecule has 0 radical (unpaired) electrons. The average Bonchev–Trinajstić information content (AvgIpc) is 2.62. The number of rotatable bonds is 5. The molecule has 2 aromatic carbocycles. The molecular formula is C21H24N2O4S. The molecule has 0 aliphatic carbocycles. The lowest BCUT2D eigenvalue weighted by molar-refractivity contribution is 0.253. The first-order chi connectivity index (χ1) is 13.1. The molecule has 0 saturated carbocycles. The summed E-state index contributed by atoms with van der Waals surface area (Å²) in [7, 11) is -1.75. The second-order valence-electron chi connectivity index (χ2n) is 7.23. The van der Waals surface area contributed by atoms with E-state index < -0.39 is 10.0 Å². The van der Waals surface area contributed by atoms with Gasteiger partial charge in [-0.1, -0.05) is 12.1 Å². The van der Waals surface area contributed by atoms with Crippen molar-refractivity contribution in [2.75, 3.05) is 7.05 Å². The van der Waals surface area contributed by atoms with Crippen LogP contribution in [0.25, 0.3) is 11.0 Å². The van der Waals surface area contributed by atoms with Gasteiger partial charge in [-0.05, 0) is 74.3 Å².